The first kappa shape index (κ1) is 19.3. The molecule has 0 aliphatic carbocycles. The van der Waals surface area contributed by atoms with Gasteiger partial charge in [-0.25, -0.2) is 0 Å². The fraction of sp³-hybridized carbons (Fsp3) is 0.533. The number of nitrogens with one attached hydrogen (secondary N) is 1. The highest BCUT2D eigenvalue weighted by molar-refractivity contribution is 6.31. The Morgan fingerprint density at radius 1 is 1.28 bits per heavy atom. The first-order valence-electron chi connectivity index (χ1n) is 7.74. The second kappa shape index (κ2) is 7.90. The second-order valence-corrected chi connectivity index (χ2v) is 6.05. The third-order valence-electron chi connectivity index (χ3n) is 3.73. The van der Waals surface area contributed by atoms with E-state index in [1.807, 2.05) is 6.92 Å². The van der Waals surface area contributed by atoms with E-state index in [0.29, 0.717) is 36.8 Å². The lowest BCUT2D eigenvalue weighted by Crippen LogP contribution is -2.26. The van der Waals surface area contributed by atoms with Crippen molar-refractivity contribution >= 4 is 17.5 Å². The van der Waals surface area contributed by atoms with Gasteiger partial charge in [-0.05, 0) is 26.3 Å². The molecule has 2 rings (SSSR count). The van der Waals surface area contributed by atoms with E-state index in [0.717, 1.165) is 11.8 Å². The number of hydrogen-bond donors (Lipinski definition) is 1. The van der Waals surface area contributed by atoms with Crippen molar-refractivity contribution in [1.29, 1.82) is 0 Å². The lowest BCUT2D eigenvalue weighted by atomic mass is 10.3. The van der Waals surface area contributed by atoms with Crippen LogP contribution in [-0.2, 0) is 24.1 Å². The summed E-state index contributed by atoms with van der Waals surface area (Å²) >= 11 is 5.89. The molecule has 0 fully saturated rings. The Balaban J connectivity index is 1.71. The molecule has 0 aliphatic rings. The number of aryl methyl sites for hydroxylation is 3. The summed E-state index contributed by atoms with van der Waals surface area (Å²) < 4.78 is 40.7. The van der Waals surface area contributed by atoms with Crippen molar-refractivity contribution in [3.63, 3.8) is 0 Å². The molecule has 1 amide bonds. The zero-order valence-corrected chi connectivity index (χ0v) is 14.7. The van der Waals surface area contributed by atoms with Gasteiger partial charge in [0.1, 0.15) is 0 Å². The lowest BCUT2D eigenvalue weighted by Gasteiger charge is -2.08. The van der Waals surface area contributed by atoms with E-state index in [1.165, 1.54) is 10.9 Å². The quantitative estimate of drug-likeness (QED) is 0.754. The Kier molecular flexibility index (Phi) is 6.10. The van der Waals surface area contributed by atoms with Crippen LogP contribution >= 0.6 is 11.6 Å². The number of amides is 1. The average Bonchev–Trinajstić information content (AvgIpc) is 3.06. The predicted molar refractivity (Wildman–Crippen MR) is 86.2 cm³/mol. The van der Waals surface area contributed by atoms with Gasteiger partial charge in [0.2, 0.25) is 5.91 Å². The molecule has 0 aromatic carbocycles. The Bertz CT molecular complexity index is 738. The maximum Gasteiger partial charge on any atom is 0.435 e. The van der Waals surface area contributed by atoms with Gasteiger partial charge in [-0.1, -0.05) is 11.6 Å². The molecule has 10 heteroatoms. The SMILES string of the molecule is Cc1cc(C(F)(F)F)nn1CCCNC(=O)CCn1ncc(Cl)c1C. The van der Waals surface area contributed by atoms with E-state index in [4.69, 9.17) is 11.6 Å². The Morgan fingerprint density at radius 3 is 2.56 bits per heavy atom. The molecular formula is C15H19ClF3N5O. The van der Waals surface area contributed by atoms with Crippen LogP contribution in [0.3, 0.4) is 0 Å². The minimum atomic E-state index is -4.45. The zero-order valence-electron chi connectivity index (χ0n) is 13.9. The van der Waals surface area contributed by atoms with Crippen LogP contribution in [0.5, 0.6) is 0 Å². The predicted octanol–water partition coefficient (Wildman–Crippen LogP) is 2.97. The van der Waals surface area contributed by atoms with Gasteiger partial charge in [0.25, 0.3) is 0 Å². The normalized spacial score (nSPS) is 11.8. The largest absolute Gasteiger partial charge is 0.435 e. The summed E-state index contributed by atoms with van der Waals surface area (Å²) in [5, 5.41) is 10.9. The topological polar surface area (TPSA) is 64.7 Å². The molecule has 1 N–H and O–H groups in total. The number of nitrogens with zero attached hydrogens (tertiary/aromatic N) is 4. The molecule has 0 spiro atoms. The fourth-order valence-corrected chi connectivity index (χ4v) is 2.42. The van der Waals surface area contributed by atoms with Gasteiger partial charge < -0.3 is 5.32 Å². The van der Waals surface area contributed by atoms with Crippen molar-refractivity contribution in [3.05, 3.63) is 34.4 Å². The highest BCUT2D eigenvalue weighted by Gasteiger charge is 2.34. The van der Waals surface area contributed by atoms with Crippen LogP contribution in [-0.4, -0.2) is 32.0 Å². The molecule has 6 nitrogen and oxygen atoms in total. The van der Waals surface area contributed by atoms with Gasteiger partial charge in [0, 0.05) is 25.2 Å². The maximum absolute atomic E-state index is 12.6. The highest BCUT2D eigenvalue weighted by Crippen LogP contribution is 2.28. The summed E-state index contributed by atoms with van der Waals surface area (Å²) in [6, 6.07) is 1.01. The van der Waals surface area contributed by atoms with Gasteiger partial charge in [0.15, 0.2) is 5.69 Å². The third-order valence-corrected chi connectivity index (χ3v) is 4.11. The zero-order chi connectivity index (χ0) is 18.6. The number of halogens is 4. The molecule has 0 saturated heterocycles. The molecule has 25 heavy (non-hydrogen) atoms. The minimum absolute atomic E-state index is 0.154. The van der Waals surface area contributed by atoms with Crippen molar-refractivity contribution in [2.45, 2.75) is 46.0 Å². The van der Waals surface area contributed by atoms with E-state index >= 15 is 0 Å². The number of aromatic nitrogens is 4. The van der Waals surface area contributed by atoms with Crippen LogP contribution < -0.4 is 5.32 Å². The van der Waals surface area contributed by atoms with E-state index in [2.05, 4.69) is 15.5 Å². The summed E-state index contributed by atoms with van der Waals surface area (Å²) in [5.74, 6) is -0.154. The molecular weight excluding hydrogens is 359 g/mol. The van der Waals surface area contributed by atoms with E-state index in [1.54, 1.807) is 11.6 Å². The molecule has 0 atom stereocenters. The first-order chi connectivity index (χ1) is 11.7. The molecule has 0 bridgehead atoms. The van der Waals surface area contributed by atoms with Gasteiger partial charge in [-0.15, -0.1) is 0 Å². The fourth-order valence-electron chi connectivity index (χ4n) is 2.28. The monoisotopic (exact) mass is 377 g/mol. The Hall–Kier alpha value is -2.03. The third kappa shape index (κ3) is 5.22. The van der Waals surface area contributed by atoms with Crippen LogP contribution in [0.4, 0.5) is 13.2 Å². The summed E-state index contributed by atoms with van der Waals surface area (Å²) in [4.78, 5) is 11.8. The van der Waals surface area contributed by atoms with Crippen molar-refractivity contribution in [2.24, 2.45) is 0 Å². The number of rotatable bonds is 7. The number of carbonyl (C=O) groups excluding carboxylic acids is 1. The maximum atomic E-state index is 12.6. The molecule has 138 valence electrons. The van der Waals surface area contributed by atoms with E-state index in [9.17, 15) is 18.0 Å². The van der Waals surface area contributed by atoms with Gasteiger partial charge >= 0.3 is 6.18 Å². The summed E-state index contributed by atoms with van der Waals surface area (Å²) in [6.07, 6.45) is -2.19. The average molecular weight is 378 g/mol. The van der Waals surface area contributed by atoms with Crippen LogP contribution in [0, 0.1) is 13.8 Å². The summed E-state index contributed by atoms with van der Waals surface area (Å²) in [5.41, 5.74) is 0.330. The van der Waals surface area contributed by atoms with Gasteiger partial charge in [-0.3, -0.25) is 14.2 Å². The molecule has 0 aliphatic heterocycles. The van der Waals surface area contributed by atoms with Crippen molar-refractivity contribution in [3.8, 4) is 0 Å². The van der Waals surface area contributed by atoms with Crippen LogP contribution in [0.1, 0.15) is 29.9 Å². The van der Waals surface area contributed by atoms with Crippen molar-refractivity contribution in [2.75, 3.05) is 6.54 Å². The second-order valence-electron chi connectivity index (χ2n) is 5.65. The van der Waals surface area contributed by atoms with E-state index < -0.39 is 11.9 Å². The number of hydrogen-bond acceptors (Lipinski definition) is 3. The van der Waals surface area contributed by atoms with Crippen LogP contribution in [0.15, 0.2) is 12.3 Å². The molecule has 2 aromatic rings. The Labute approximate surface area is 147 Å². The van der Waals surface area contributed by atoms with Crippen molar-refractivity contribution < 1.29 is 18.0 Å². The van der Waals surface area contributed by atoms with Crippen molar-refractivity contribution in [1.82, 2.24) is 24.9 Å². The molecule has 0 saturated carbocycles. The minimum Gasteiger partial charge on any atom is -0.356 e. The molecule has 0 radical (unpaired) electrons. The summed E-state index contributed by atoms with van der Waals surface area (Å²) in [6.45, 7) is 4.46. The molecule has 0 unspecified atom stereocenters. The lowest BCUT2D eigenvalue weighted by molar-refractivity contribution is -0.141. The first-order valence-corrected chi connectivity index (χ1v) is 8.12. The van der Waals surface area contributed by atoms with Gasteiger partial charge in [0.05, 0.1) is 23.5 Å². The molecule has 2 aromatic heterocycles. The molecule has 2 heterocycles. The van der Waals surface area contributed by atoms with E-state index in [-0.39, 0.29) is 12.3 Å². The van der Waals surface area contributed by atoms with Crippen LogP contribution in [0.25, 0.3) is 0 Å². The standard InChI is InChI=1S/C15H19ClF3N5O/c1-10-8-13(15(17,18)19)22-23(10)6-3-5-20-14(25)4-7-24-11(2)12(16)9-21-24/h8-9H,3-7H2,1-2H3,(H,20,25). The highest BCUT2D eigenvalue weighted by atomic mass is 35.5. The number of carbonyl (C=O) groups is 1. The van der Waals surface area contributed by atoms with Crippen LogP contribution in [0.2, 0.25) is 5.02 Å². The Morgan fingerprint density at radius 2 is 2.00 bits per heavy atom. The number of alkyl halides is 3. The van der Waals surface area contributed by atoms with Gasteiger partial charge in [-0.2, -0.15) is 23.4 Å². The smallest absolute Gasteiger partial charge is 0.356 e. The summed E-state index contributed by atoms with van der Waals surface area (Å²) in [7, 11) is 0.